The van der Waals surface area contributed by atoms with E-state index in [0.29, 0.717) is 43.7 Å². The summed E-state index contributed by atoms with van der Waals surface area (Å²) < 4.78 is 0. The first kappa shape index (κ1) is 69.7. The Kier molecular flexibility index (Phi) is 33.3. The molecule has 0 unspecified atom stereocenters. The zero-order valence-electron chi connectivity index (χ0n) is 46.0. The molecule has 446 valence electrons. The molecule has 26 nitrogen and oxygen atoms in total. The summed E-state index contributed by atoms with van der Waals surface area (Å²) in [5.41, 5.74) is 12.5. The summed E-state index contributed by atoms with van der Waals surface area (Å²) in [5, 5.41) is 35.3. The van der Waals surface area contributed by atoms with Gasteiger partial charge in [-0.25, -0.2) is 9.78 Å². The number of benzene rings is 1. The second-order valence-corrected chi connectivity index (χ2v) is 21.1. The lowest BCUT2D eigenvalue weighted by molar-refractivity contribution is -0.142. The van der Waals surface area contributed by atoms with Crippen LogP contribution in [-0.4, -0.2) is 178 Å². The monoisotopic (exact) mass is 1180 g/mol. The van der Waals surface area contributed by atoms with Crippen LogP contribution in [0.5, 0.6) is 0 Å². The van der Waals surface area contributed by atoms with Crippen molar-refractivity contribution in [2.24, 2.45) is 17.4 Å². The third-order valence-electron chi connectivity index (χ3n) is 12.1. The molecule has 10 amide bonds. The molecular weight excluding hydrogens is 1100 g/mol. The maximum Gasteiger partial charge on any atom is 0.326 e. The predicted octanol–water partition coefficient (Wildman–Crippen LogP) is -2.28. The number of imidazole rings is 1. The van der Waals surface area contributed by atoms with E-state index >= 15 is 0 Å². The van der Waals surface area contributed by atoms with Gasteiger partial charge in [-0.1, -0.05) is 44.2 Å². The summed E-state index contributed by atoms with van der Waals surface area (Å²) in [6.45, 7) is 6.22. The summed E-state index contributed by atoms with van der Waals surface area (Å²) >= 11 is 9.79. The molecule has 1 aromatic heterocycles. The average Bonchev–Trinajstić information content (AvgIpc) is 3.94. The van der Waals surface area contributed by atoms with Gasteiger partial charge in [-0.2, -0.15) is 37.0 Å². The van der Waals surface area contributed by atoms with Gasteiger partial charge in [0, 0.05) is 43.2 Å². The first-order valence-corrected chi connectivity index (χ1v) is 29.0. The number of aromatic nitrogens is 2. The normalized spacial score (nSPS) is 14.4. The quantitative estimate of drug-likeness (QED) is 0.0248. The lowest BCUT2D eigenvalue weighted by Gasteiger charge is -2.26. The number of hydrogen-bond donors (Lipinski definition) is 16. The van der Waals surface area contributed by atoms with E-state index in [1.807, 2.05) is 19.9 Å². The lowest BCUT2D eigenvalue weighted by atomic mass is 10.0. The van der Waals surface area contributed by atoms with E-state index in [4.69, 9.17) is 11.5 Å². The van der Waals surface area contributed by atoms with E-state index in [9.17, 15) is 57.8 Å². The summed E-state index contributed by atoms with van der Waals surface area (Å²) in [6.07, 6.45) is 6.80. The largest absolute Gasteiger partial charge is 0.480 e. The van der Waals surface area contributed by atoms with E-state index in [0.717, 1.165) is 5.56 Å². The molecule has 0 bridgehead atoms. The lowest BCUT2D eigenvalue weighted by Crippen LogP contribution is -2.59. The second-order valence-electron chi connectivity index (χ2n) is 19.3. The van der Waals surface area contributed by atoms with Crippen molar-refractivity contribution < 1.29 is 57.8 Å². The van der Waals surface area contributed by atoms with Crippen molar-refractivity contribution >= 4 is 102 Å². The van der Waals surface area contributed by atoms with Gasteiger partial charge in [0.2, 0.25) is 59.1 Å². The van der Waals surface area contributed by atoms with Gasteiger partial charge in [0.05, 0.1) is 12.9 Å². The van der Waals surface area contributed by atoms with Crippen molar-refractivity contribution in [2.75, 3.05) is 43.1 Å². The first-order valence-electron chi connectivity index (χ1n) is 26.4. The van der Waals surface area contributed by atoms with E-state index in [2.05, 4.69) is 88.4 Å². The molecule has 0 saturated carbocycles. The summed E-state index contributed by atoms with van der Waals surface area (Å²) in [7, 11) is 0. The van der Waals surface area contributed by atoms with E-state index < -0.39 is 126 Å². The number of carboxylic acids is 1. The number of unbranched alkanes of at least 4 members (excludes halogenated alkanes) is 2. The molecule has 80 heavy (non-hydrogen) atoms. The number of thiol groups is 2. The van der Waals surface area contributed by atoms with Gasteiger partial charge in [-0.3, -0.25) is 47.9 Å². The number of nitrogens with one attached hydrogen (secondary N) is 11. The van der Waals surface area contributed by atoms with Crippen LogP contribution in [0.4, 0.5) is 0 Å². The van der Waals surface area contributed by atoms with Crippen LogP contribution in [0.2, 0.25) is 0 Å². The molecule has 2 aromatic rings. The van der Waals surface area contributed by atoms with Crippen LogP contribution >= 0.6 is 37.0 Å². The van der Waals surface area contributed by atoms with E-state index in [-0.39, 0.29) is 62.5 Å². The SMILES string of the molecule is CSCC[C@H](NC(=O)[C@H](CCCCN)NC(=O)[C@H](CS)NC(=O)[C@H](CS)NC(=O)CNC(=O)[C@H](Cc1cnc[nH]1)NC(=O)[C@H](CCCCN)NC(=O)[C@H](C)NC(=O)[C@H](CC(C)C)NC(=O)[C@H](Cc1ccccc1)NC(C)=O)C(=O)O. The zero-order valence-corrected chi connectivity index (χ0v) is 48.6. The van der Waals surface area contributed by atoms with Crippen molar-refractivity contribution in [1.82, 2.24) is 63.1 Å². The molecule has 0 aliphatic rings. The number of aliphatic carboxylic acids is 1. The van der Waals surface area contributed by atoms with Gasteiger partial charge in [-0.15, -0.1) is 0 Å². The highest BCUT2D eigenvalue weighted by Crippen LogP contribution is 2.11. The van der Waals surface area contributed by atoms with Crippen LogP contribution in [0.25, 0.3) is 0 Å². The van der Waals surface area contributed by atoms with Gasteiger partial charge >= 0.3 is 5.97 Å². The average molecular weight is 1180 g/mol. The van der Waals surface area contributed by atoms with Gasteiger partial charge in [0.15, 0.2) is 0 Å². The fourth-order valence-corrected chi connectivity index (χ4v) is 8.80. The standard InChI is InChI=1S/C51H82N14O12S3/c1-29(2)21-37(63-48(73)38(58-31(4)66)22-32-13-7-6-8-14-32)47(72)57-30(3)43(68)60-34(15-9-11-18-52)46(71)64-39(23-33-24-54-28-56-33)44(69)55-25-42(67)59-40(26-78)49(74)65-41(27-79)50(75)61-35(16-10-12-19-53)45(70)62-36(51(76)77)17-20-80-5/h6-8,13-14,24,28-30,34-41,78-79H,9-12,15-23,25-27,52-53H2,1-5H3,(H,54,56)(H,55,69)(H,57,72)(H,58,66)(H,59,67)(H,60,68)(H,61,75)(H,62,70)(H,63,73)(H,64,71)(H,65,74)(H,76,77)/t30-,34-,35-,36-,37-,38-,39-,40-,41-/m0/s1. The Morgan fingerprint density at radius 2 is 1.07 bits per heavy atom. The maximum absolute atomic E-state index is 14.1. The first-order chi connectivity index (χ1) is 38.1. The summed E-state index contributed by atoms with van der Waals surface area (Å²) in [4.78, 5) is 153. The fourth-order valence-electron chi connectivity index (χ4n) is 7.81. The number of hydrogen-bond acceptors (Lipinski definition) is 17. The molecule has 0 spiro atoms. The van der Waals surface area contributed by atoms with Crippen molar-refractivity contribution in [3.63, 3.8) is 0 Å². The number of carbonyl (C=O) groups excluding carboxylic acids is 10. The Morgan fingerprint density at radius 1 is 0.588 bits per heavy atom. The summed E-state index contributed by atoms with van der Waals surface area (Å²) in [6, 6.07) is -2.06. The molecule has 16 N–H and O–H groups in total. The number of thioether (sulfide) groups is 1. The molecule has 0 saturated heterocycles. The number of carboxylic acid groups (broad SMARTS) is 1. The van der Waals surface area contributed by atoms with E-state index in [1.54, 1.807) is 30.5 Å². The van der Waals surface area contributed by atoms with Crippen LogP contribution < -0.4 is 64.6 Å². The molecule has 29 heteroatoms. The number of amides is 10. The number of nitrogens with two attached hydrogens (primary N) is 2. The summed E-state index contributed by atoms with van der Waals surface area (Å²) in [5.74, 6) is -8.85. The predicted molar refractivity (Wildman–Crippen MR) is 308 cm³/mol. The van der Waals surface area contributed by atoms with Crippen molar-refractivity contribution in [3.8, 4) is 0 Å². The Morgan fingerprint density at radius 3 is 1.59 bits per heavy atom. The molecule has 2 rings (SSSR count). The molecule has 0 radical (unpaired) electrons. The second kappa shape index (κ2) is 38.3. The van der Waals surface area contributed by atoms with Crippen LogP contribution in [0, 0.1) is 5.92 Å². The number of aromatic amines is 1. The highest BCUT2D eigenvalue weighted by Gasteiger charge is 2.34. The fraction of sp³-hybridized carbons (Fsp3) is 0.608. The molecule has 0 aliphatic carbocycles. The molecule has 9 atom stereocenters. The number of carbonyl (C=O) groups is 11. The minimum Gasteiger partial charge on any atom is -0.480 e. The highest BCUT2D eigenvalue weighted by molar-refractivity contribution is 7.98. The minimum atomic E-state index is -1.37. The van der Waals surface area contributed by atoms with Gasteiger partial charge < -0.3 is 74.7 Å². The van der Waals surface area contributed by atoms with E-state index in [1.165, 1.54) is 38.1 Å². The van der Waals surface area contributed by atoms with Crippen LogP contribution in [0.15, 0.2) is 42.9 Å². The van der Waals surface area contributed by atoms with Gasteiger partial charge in [0.1, 0.15) is 54.4 Å². The molecule has 0 fully saturated rings. The van der Waals surface area contributed by atoms with Gasteiger partial charge in [0.25, 0.3) is 0 Å². The van der Waals surface area contributed by atoms with Gasteiger partial charge in [-0.05, 0) is 94.9 Å². The molecule has 1 heterocycles. The third kappa shape index (κ3) is 26.7. The van der Waals surface area contributed by atoms with Crippen molar-refractivity contribution in [3.05, 3.63) is 54.1 Å². The topological polar surface area (TPSA) is 409 Å². The number of rotatable bonds is 39. The Hall–Kier alpha value is -6.43. The van der Waals surface area contributed by atoms with Crippen molar-refractivity contribution in [1.29, 1.82) is 0 Å². The Bertz CT molecular complexity index is 2320. The Labute approximate surface area is 481 Å². The third-order valence-corrected chi connectivity index (χ3v) is 13.5. The highest BCUT2D eigenvalue weighted by atomic mass is 32.2. The molecular formula is C51H82N14O12S3. The minimum absolute atomic E-state index is 0.0630. The number of H-pyrrole nitrogens is 1. The van der Waals surface area contributed by atoms with Crippen LogP contribution in [-0.2, 0) is 65.6 Å². The number of nitrogens with zero attached hydrogens (tertiary/aromatic N) is 1. The van der Waals surface area contributed by atoms with Crippen LogP contribution in [0.3, 0.4) is 0 Å². The maximum atomic E-state index is 14.1. The molecule has 1 aromatic carbocycles. The van der Waals surface area contributed by atoms with Crippen LogP contribution in [0.1, 0.15) is 90.3 Å². The van der Waals surface area contributed by atoms with Crippen molar-refractivity contribution in [2.45, 2.75) is 146 Å². The smallest absolute Gasteiger partial charge is 0.326 e. The Balaban J connectivity index is 2.18. The molecule has 0 aliphatic heterocycles. The zero-order chi connectivity index (χ0) is 59.7.